The Kier molecular flexibility index (Phi) is 4.40. The Labute approximate surface area is 133 Å². The number of halogens is 1. The van der Waals surface area contributed by atoms with Gasteiger partial charge in [0.2, 0.25) is 0 Å². The van der Waals surface area contributed by atoms with Crippen LogP contribution in [-0.2, 0) is 13.6 Å². The van der Waals surface area contributed by atoms with E-state index < -0.39 is 0 Å². The van der Waals surface area contributed by atoms with Gasteiger partial charge in [-0.15, -0.1) is 0 Å². The summed E-state index contributed by atoms with van der Waals surface area (Å²) in [5.74, 6) is 0.779. The molecule has 1 aliphatic heterocycles. The molecule has 1 unspecified atom stereocenters. The van der Waals surface area contributed by atoms with Crippen molar-refractivity contribution in [3.63, 3.8) is 0 Å². The van der Waals surface area contributed by atoms with Gasteiger partial charge in [0, 0.05) is 44.8 Å². The van der Waals surface area contributed by atoms with Crippen molar-refractivity contribution in [2.75, 3.05) is 18.0 Å². The lowest BCUT2D eigenvalue weighted by Gasteiger charge is -2.18. The normalized spacial score (nSPS) is 17.3. The molecule has 1 atom stereocenters. The molecule has 2 aromatic heterocycles. The van der Waals surface area contributed by atoms with Crippen LogP contribution in [0.4, 0.5) is 15.0 Å². The predicted molar refractivity (Wildman–Crippen MR) is 83.4 cm³/mol. The number of imidazole rings is 1. The maximum Gasteiger partial charge on any atom is 0.315 e. The quantitative estimate of drug-likeness (QED) is 0.883. The van der Waals surface area contributed by atoms with E-state index >= 15 is 0 Å². The van der Waals surface area contributed by atoms with Crippen molar-refractivity contribution in [1.29, 1.82) is 0 Å². The third kappa shape index (κ3) is 3.58. The van der Waals surface area contributed by atoms with Crippen molar-refractivity contribution in [3.05, 3.63) is 42.4 Å². The Morgan fingerprint density at radius 1 is 1.43 bits per heavy atom. The molecule has 0 aromatic carbocycles. The number of carbonyl (C=O) groups excluding carboxylic acids is 1. The van der Waals surface area contributed by atoms with Crippen LogP contribution in [0.15, 0.2) is 30.7 Å². The van der Waals surface area contributed by atoms with Gasteiger partial charge in [-0.3, -0.25) is 0 Å². The number of nitrogens with one attached hydrogen (secondary N) is 2. The molecule has 8 heteroatoms. The Balaban J connectivity index is 1.49. The summed E-state index contributed by atoms with van der Waals surface area (Å²) in [5, 5.41) is 5.68. The highest BCUT2D eigenvalue weighted by atomic mass is 19.1. The number of hydrogen-bond donors (Lipinski definition) is 2. The number of carbonyl (C=O) groups is 1. The summed E-state index contributed by atoms with van der Waals surface area (Å²) in [6.07, 6.45) is 5.83. The smallest absolute Gasteiger partial charge is 0.315 e. The van der Waals surface area contributed by atoms with Crippen LogP contribution in [0.1, 0.15) is 12.2 Å². The number of aryl methyl sites for hydroxylation is 1. The average molecular weight is 318 g/mol. The summed E-state index contributed by atoms with van der Waals surface area (Å²) < 4.78 is 15.6. The fraction of sp³-hybridized carbons (Fsp3) is 0.400. The molecule has 3 heterocycles. The fourth-order valence-electron chi connectivity index (χ4n) is 2.64. The van der Waals surface area contributed by atoms with Crippen LogP contribution in [-0.4, -0.2) is 39.7 Å². The Bertz CT molecular complexity index is 688. The van der Waals surface area contributed by atoms with E-state index in [9.17, 15) is 9.18 Å². The molecule has 3 rings (SSSR count). The molecule has 0 spiro atoms. The maximum absolute atomic E-state index is 13.7. The lowest BCUT2D eigenvalue weighted by Crippen LogP contribution is -2.43. The molecule has 0 bridgehead atoms. The number of pyridine rings is 1. The second-order valence-electron chi connectivity index (χ2n) is 5.52. The van der Waals surface area contributed by atoms with E-state index in [-0.39, 0.29) is 17.9 Å². The summed E-state index contributed by atoms with van der Waals surface area (Å²) in [4.78, 5) is 22.0. The van der Waals surface area contributed by atoms with Gasteiger partial charge in [0.15, 0.2) is 11.6 Å². The molecule has 1 fully saturated rings. The van der Waals surface area contributed by atoms with Crippen molar-refractivity contribution in [3.8, 4) is 0 Å². The SMILES string of the molecule is Cn1ccnc1CNC(=O)NC1CCN(c2ncccc2F)C1. The monoisotopic (exact) mass is 318 g/mol. The molecule has 122 valence electrons. The maximum atomic E-state index is 13.7. The molecule has 1 aliphatic rings. The molecule has 7 nitrogen and oxygen atoms in total. The number of nitrogens with zero attached hydrogens (tertiary/aromatic N) is 4. The molecule has 0 radical (unpaired) electrons. The van der Waals surface area contributed by atoms with Crippen molar-refractivity contribution >= 4 is 11.8 Å². The number of rotatable bonds is 4. The molecule has 0 aliphatic carbocycles. The van der Waals surface area contributed by atoms with E-state index in [4.69, 9.17) is 0 Å². The zero-order valence-corrected chi connectivity index (χ0v) is 12.9. The highest BCUT2D eigenvalue weighted by Gasteiger charge is 2.26. The minimum Gasteiger partial charge on any atom is -0.352 e. The lowest BCUT2D eigenvalue weighted by atomic mass is 10.3. The van der Waals surface area contributed by atoms with Crippen LogP contribution in [0.2, 0.25) is 0 Å². The second-order valence-corrected chi connectivity index (χ2v) is 5.52. The molecule has 2 aromatic rings. The first kappa shape index (κ1) is 15.3. The first-order chi connectivity index (χ1) is 11.1. The van der Waals surface area contributed by atoms with Crippen molar-refractivity contribution < 1.29 is 9.18 Å². The van der Waals surface area contributed by atoms with E-state index in [1.54, 1.807) is 18.5 Å². The van der Waals surface area contributed by atoms with Gasteiger partial charge >= 0.3 is 6.03 Å². The minimum atomic E-state index is -0.340. The molecule has 2 amide bonds. The minimum absolute atomic E-state index is 0.0298. The number of aromatic nitrogens is 3. The Morgan fingerprint density at radius 3 is 3.04 bits per heavy atom. The van der Waals surface area contributed by atoms with Gasteiger partial charge in [0.05, 0.1) is 6.54 Å². The molecular formula is C15H19FN6O. The Hall–Kier alpha value is -2.64. The van der Waals surface area contributed by atoms with Crippen LogP contribution in [0, 0.1) is 5.82 Å². The van der Waals surface area contributed by atoms with Crippen molar-refractivity contribution in [2.45, 2.75) is 19.0 Å². The highest BCUT2D eigenvalue weighted by molar-refractivity contribution is 5.74. The topological polar surface area (TPSA) is 75.1 Å². The standard InChI is InChI=1S/C15H19FN6O/c1-21-8-6-17-13(21)9-19-15(23)20-11-4-7-22(10-11)14-12(16)3-2-5-18-14/h2-3,5-6,8,11H,4,7,9-10H2,1H3,(H2,19,20,23). The first-order valence-corrected chi connectivity index (χ1v) is 7.49. The number of hydrogen-bond acceptors (Lipinski definition) is 4. The number of amides is 2. The van der Waals surface area contributed by atoms with Crippen LogP contribution >= 0.6 is 0 Å². The van der Waals surface area contributed by atoms with Gasteiger partial charge < -0.3 is 20.1 Å². The summed E-state index contributed by atoms with van der Waals surface area (Å²) in [5.41, 5.74) is 0. The van der Waals surface area contributed by atoms with E-state index in [2.05, 4.69) is 20.6 Å². The lowest BCUT2D eigenvalue weighted by molar-refractivity contribution is 0.237. The van der Waals surface area contributed by atoms with Crippen molar-refractivity contribution in [1.82, 2.24) is 25.2 Å². The Morgan fingerprint density at radius 2 is 2.30 bits per heavy atom. The largest absolute Gasteiger partial charge is 0.352 e. The number of anilines is 1. The van der Waals surface area contributed by atoms with E-state index in [1.165, 1.54) is 6.07 Å². The molecule has 1 saturated heterocycles. The van der Waals surface area contributed by atoms with Gasteiger partial charge in [-0.05, 0) is 18.6 Å². The first-order valence-electron chi connectivity index (χ1n) is 7.49. The second kappa shape index (κ2) is 6.64. The zero-order valence-electron chi connectivity index (χ0n) is 12.9. The van der Waals surface area contributed by atoms with Crippen LogP contribution in [0.3, 0.4) is 0 Å². The molecule has 0 saturated carbocycles. The third-order valence-electron chi connectivity index (χ3n) is 3.89. The van der Waals surface area contributed by atoms with E-state index in [0.717, 1.165) is 12.2 Å². The van der Waals surface area contributed by atoms with Crippen LogP contribution < -0.4 is 15.5 Å². The summed E-state index contributed by atoms with van der Waals surface area (Å²) >= 11 is 0. The molecular weight excluding hydrogens is 299 g/mol. The van der Waals surface area contributed by atoms with Gasteiger partial charge in [-0.25, -0.2) is 19.2 Å². The van der Waals surface area contributed by atoms with E-state index in [0.29, 0.717) is 25.5 Å². The summed E-state index contributed by atoms with van der Waals surface area (Å²) in [6.45, 7) is 1.57. The highest BCUT2D eigenvalue weighted by Crippen LogP contribution is 2.20. The number of urea groups is 1. The average Bonchev–Trinajstić information content (AvgIpc) is 3.15. The molecule has 2 N–H and O–H groups in total. The zero-order chi connectivity index (χ0) is 16.2. The van der Waals surface area contributed by atoms with Gasteiger partial charge in [-0.1, -0.05) is 0 Å². The van der Waals surface area contributed by atoms with Crippen LogP contribution in [0.5, 0.6) is 0 Å². The summed E-state index contributed by atoms with van der Waals surface area (Å²) in [6, 6.07) is 2.68. The van der Waals surface area contributed by atoms with Crippen molar-refractivity contribution in [2.24, 2.45) is 7.05 Å². The van der Waals surface area contributed by atoms with Gasteiger partial charge in [0.1, 0.15) is 5.82 Å². The predicted octanol–water partition coefficient (Wildman–Crippen LogP) is 1.03. The van der Waals surface area contributed by atoms with E-state index in [1.807, 2.05) is 22.7 Å². The third-order valence-corrected chi connectivity index (χ3v) is 3.89. The summed E-state index contributed by atoms with van der Waals surface area (Å²) in [7, 11) is 1.87. The fourth-order valence-corrected chi connectivity index (χ4v) is 2.64. The van der Waals surface area contributed by atoms with Crippen LogP contribution in [0.25, 0.3) is 0 Å². The van der Waals surface area contributed by atoms with Gasteiger partial charge in [0.25, 0.3) is 0 Å². The van der Waals surface area contributed by atoms with Gasteiger partial charge in [-0.2, -0.15) is 0 Å². The molecule has 23 heavy (non-hydrogen) atoms.